The Bertz CT molecular complexity index is 410. The molecule has 0 saturated carbocycles. The Hall–Kier alpha value is -1.07. The molecule has 1 aromatic heterocycles. The molecule has 5 heteroatoms. The van der Waals surface area contributed by atoms with E-state index in [0.29, 0.717) is 13.1 Å². The van der Waals surface area contributed by atoms with E-state index in [1.54, 1.807) is 16.2 Å². The quantitative estimate of drug-likeness (QED) is 0.852. The van der Waals surface area contributed by atoms with E-state index in [4.69, 9.17) is 4.74 Å². The van der Waals surface area contributed by atoms with Gasteiger partial charge in [0.05, 0.1) is 12.6 Å². The number of hydrogen-bond acceptors (Lipinski definition) is 4. The van der Waals surface area contributed by atoms with E-state index in [1.807, 2.05) is 38.3 Å². The van der Waals surface area contributed by atoms with E-state index in [2.05, 4.69) is 0 Å². The van der Waals surface area contributed by atoms with Crippen LogP contribution in [0.4, 0.5) is 4.79 Å². The summed E-state index contributed by atoms with van der Waals surface area (Å²) in [6, 6.07) is 3.96. The molecule has 4 nitrogen and oxygen atoms in total. The zero-order chi connectivity index (χ0) is 13.3. The minimum absolute atomic E-state index is 0.0116. The molecule has 0 unspecified atom stereocenters. The van der Waals surface area contributed by atoms with Crippen molar-refractivity contribution in [1.29, 1.82) is 0 Å². The molecule has 0 radical (unpaired) electrons. The molecule has 18 heavy (non-hydrogen) atoms. The summed E-state index contributed by atoms with van der Waals surface area (Å²) in [6.45, 7) is 6.39. The van der Waals surface area contributed by atoms with Gasteiger partial charge in [0.1, 0.15) is 5.60 Å². The number of carbonyl (C=O) groups excluding carboxylic acids is 1. The molecule has 1 aromatic rings. The Morgan fingerprint density at radius 2 is 2.22 bits per heavy atom. The van der Waals surface area contributed by atoms with Crippen LogP contribution in [0, 0.1) is 0 Å². The molecule has 100 valence electrons. The zero-order valence-corrected chi connectivity index (χ0v) is 11.7. The molecule has 1 amide bonds. The normalized spacial score (nSPS) is 24.3. The molecule has 1 fully saturated rings. The highest BCUT2D eigenvalue weighted by Gasteiger charge is 2.37. The van der Waals surface area contributed by atoms with Gasteiger partial charge in [0.25, 0.3) is 0 Å². The number of aliphatic hydroxyl groups is 1. The van der Waals surface area contributed by atoms with E-state index < -0.39 is 11.7 Å². The molecule has 2 heterocycles. The van der Waals surface area contributed by atoms with Crippen LogP contribution >= 0.6 is 11.3 Å². The standard InChI is InChI=1S/C13H19NO3S/c1-13(2,3)17-12(16)14-7-9(10(15)8-14)11-5-4-6-18-11/h4-6,9-10,15H,7-8H2,1-3H3/t9-,10-/m0/s1. The largest absolute Gasteiger partial charge is 0.444 e. The average molecular weight is 269 g/mol. The molecule has 0 spiro atoms. The van der Waals surface area contributed by atoms with Gasteiger partial charge in [-0.25, -0.2) is 4.79 Å². The van der Waals surface area contributed by atoms with Crippen molar-refractivity contribution in [2.24, 2.45) is 0 Å². The van der Waals surface area contributed by atoms with Crippen LogP contribution in [0.15, 0.2) is 17.5 Å². The first-order chi connectivity index (χ1) is 8.37. The van der Waals surface area contributed by atoms with E-state index in [9.17, 15) is 9.90 Å². The van der Waals surface area contributed by atoms with Crippen LogP contribution in [-0.2, 0) is 4.74 Å². The van der Waals surface area contributed by atoms with Crippen molar-refractivity contribution in [2.45, 2.75) is 38.4 Å². The van der Waals surface area contributed by atoms with Crippen LogP contribution in [-0.4, -0.2) is 40.9 Å². The van der Waals surface area contributed by atoms with Crippen LogP contribution in [0.1, 0.15) is 31.6 Å². The van der Waals surface area contributed by atoms with E-state index in [0.717, 1.165) is 4.88 Å². The maximum absolute atomic E-state index is 11.9. The van der Waals surface area contributed by atoms with Crippen molar-refractivity contribution < 1.29 is 14.6 Å². The number of aliphatic hydroxyl groups excluding tert-OH is 1. The Morgan fingerprint density at radius 1 is 1.50 bits per heavy atom. The maximum atomic E-state index is 11.9. The second-order valence-corrected chi connectivity index (χ2v) is 6.55. The highest BCUT2D eigenvalue weighted by molar-refractivity contribution is 7.10. The summed E-state index contributed by atoms with van der Waals surface area (Å²) in [5, 5.41) is 12.0. The van der Waals surface area contributed by atoms with Gasteiger partial charge in [0.15, 0.2) is 0 Å². The van der Waals surface area contributed by atoms with Crippen molar-refractivity contribution in [3.8, 4) is 0 Å². The number of ether oxygens (including phenoxy) is 1. The number of thiophene rings is 1. The molecular weight excluding hydrogens is 250 g/mol. The molecular formula is C13H19NO3S. The van der Waals surface area contributed by atoms with Gasteiger partial charge in [0.2, 0.25) is 0 Å². The predicted octanol–water partition coefficient (Wildman–Crippen LogP) is 2.44. The van der Waals surface area contributed by atoms with Gasteiger partial charge >= 0.3 is 6.09 Å². The second-order valence-electron chi connectivity index (χ2n) is 5.57. The molecule has 0 bridgehead atoms. The van der Waals surface area contributed by atoms with Crippen molar-refractivity contribution in [3.05, 3.63) is 22.4 Å². The number of amides is 1. The van der Waals surface area contributed by atoms with Gasteiger partial charge in [-0.15, -0.1) is 11.3 Å². The van der Waals surface area contributed by atoms with Gasteiger partial charge in [-0.2, -0.15) is 0 Å². The summed E-state index contributed by atoms with van der Waals surface area (Å²) in [6.07, 6.45) is -0.850. The number of carbonyl (C=O) groups is 1. The SMILES string of the molecule is CC(C)(C)OC(=O)N1C[C@H](c2cccs2)[C@@H](O)C1. The van der Waals surface area contributed by atoms with Crippen molar-refractivity contribution in [2.75, 3.05) is 13.1 Å². The number of nitrogens with zero attached hydrogens (tertiary/aromatic N) is 1. The summed E-state index contributed by atoms with van der Waals surface area (Å²) >= 11 is 1.61. The third-order valence-corrected chi connectivity index (χ3v) is 3.85. The Labute approximate surface area is 111 Å². The van der Waals surface area contributed by atoms with Gasteiger partial charge < -0.3 is 14.7 Å². The lowest BCUT2D eigenvalue weighted by molar-refractivity contribution is 0.0270. The first kappa shape index (κ1) is 13.4. The first-order valence-electron chi connectivity index (χ1n) is 6.06. The maximum Gasteiger partial charge on any atom is 0.410 e. The molecule has 0 aliphatic carbocycles. The summed E-state index contributed by atoms with van der Waals surface area (Å²) in [5.74, 6) is 0.0116. The molecule has 2 atom stereocenters. The summed E-state index contributed by atoms with van der Waals surface area (Å²) < 4.78 is 5.31. The Balaban J connectivity index is 2.00. The lowest BCUT2D eigenvalue weighted by Crippen LogP contribution is -2.35. The second kappa shape index (κ2) is 4.90. The fraction of sp³-hybridized carbons (Fsp3) is 0.615. The Morgan fingerprint density at radius 3 is 2.78 bits per heavy atom. The van der Waals surface area contributed by atoms with Crippen molar-refractivity contribution >= 4 is 17.4 Å². The lowest BCUT2D eigenvalue weighted by Gasteiger charge is -2.24. The third-order valence-electron chi connectivity index (χ3n) is 2.85. The first-order valence-corrected chi connectivity index (χ1v) is 6.94. The molecule has 1 aliphatic heterocycles. The van der Waals surface area contributed by atoms with E-state index in [-0.39, 0.29) is 12.0 Å². The fourth-order valence-electron chi connectivity index (χ4n) is 2.04. The number of hydrogen-bond donors (Lipinski definition) is 1. The Kier molecular flexibility index (Phi) is 3.64. The van der Waals surface area contributed by atoms with Crippen molar-refractivity contribution in [3.63, 3.8) is 0 Å². The van der Waals surface area contributed by atoms with Crippen LogP contribution in [0.25, 0.3) is 0 Å². The van der Waals surface area contributed by atoms with Crippen LogP contribution in [0.5, 0.6) is 0 Å². The lowest BCUT2D eigenvalue weighted by atomic mass is 10.1. The molecule has 1 saturated heterocycles. The van der Waals surface area contributed by atoms with Crippen LogP contribution in [0.2, 0.25) is 0 Å². The summed E-state index contributed by atoms with van der Waals surface area (Å²) in [4.78, 5) is 14.6. The monoisotopic (exact) mass is 269 g/mol. The van der Waals surface area contributed by atoms with Gasteiger partial charge in [-0.1, -0.05) is 6.07 Å². The average Bonchev–Trinajstić information content (AvgIpc) is 2.82. The molecule has 1 aliphatic rings. The van der Waals surface area contributed by atoms with Gasteiger partial charge in [-0.3, -0.25) is 0 Å². The summed E-state index contributed by atoms with van der Waals surface area (Å²) in [5.41, 5.74) is -0.497. The topological polar surface area (TPSA) is 49.8 Å². The molecule has 1 N–H and O–H groups in total. The number of β-amino-alcohol motifs (C(OH)–C–C–N with tert-alkyl or cyclic N) is 1. The zero-order valence-electron chi connectivity index (χ0n) is 10.9. The van der Waals surface area contributed by atoms with E-state index in [1.165, 1.54) is 0 Å². The summed E-state index contributed by atoms with van der Waals surface area (Å²) in [7, 11) is 0. The number of rotatable bonds is 1. The third kappa shape index (κ3) is 3.03. The van der Waals surface area contributed by atoms with Gasteiger partial charge in [-0.05, 0) is 32.2 Å². The minimum atomic E-state index is -0.504. The van der Waals surface area contributed by atoms with Crippen LogP contribution < -0.4 is 0 Å². The highest BCUT2D eigenvalue weighted by atomic mass is 32.1. The minimum Gasteiger partial charge on any atom is -0.444 e. The van der Waals surface area contributed by atoms with Gasteiger partial charge in [0, 0.05) is 17.3 Å². The fourth-order valence-corrected chi connectivity index (χ4v) is 2.92. The smallest absolute Gasteiger partial charge is 0.410 e. The number of likely N-dealkylation sites (tertiary alicyclic amines) is 1. The highest BCUT2D eigenvalue weighted by Crippen LogP contribution is 2.31. The van der Waals surface area contributed by atoms with Crippen LogP contribution in [0.3, 0.4) is 0 Å². The van der Waals surface area contributed by atoms with Crippen molar-refractivity contribution in [1.82, 2.24) is 4.90 Å². The molecule has 0 aromatic carbocycles. The molecule has 2 rings (SSSR count). The predicted molar refractivity (Wildman–Crippen MR) is 70.9 cm³/mol. The van der Waals surface area contributed by atoms with E-state index >= 15 is 0 Å².